The van der Waals surface area contributed by atoms with Gasteiger partial charge in [0.2, 0.25) is 0 Å². The summed E-state index contributed by atoms with van der Waals surface area (Å²) in [6, 6.07) is 0.166. The largest absolute Gasteiger partial charge is 0.304 e. The van der Waals surface area contributed by atoms with Crippen molar-refractivity contribution in [3.8, 4) is 0 Å². The van der Waals surface area contributed by atoms with Gasteiger partial charge in [-0.2, -0.15) is 0 Å². The summed E-state index contributed by atoms with van der Waals surface area (Å²) in [5.74, 6) is 1.74. The van der Waals surface area contributed by atoms with Crippen molar-refractivity contribution < 1.29 is 0 Å². The summed E-state index contributed by atoms with van der Waals surface area (Å²) in [7, 11) is 2.20. The third kappa shape index (κ3) is 4.04. The van der Waals surface area contributed by atoms with E-state index < -0.39 is 0 Å². The first-order valence-electron chi connectivity index (χ1n) is 10.2. The minimum atomic E-state index is 0.166. The van der Waals surface area contributed by atoms with E-state index in [4.69, 9.17) is 0 Å². The predicted molar refractivity (Wildman–Crippen MR) is 102 cm³/mol. The van der Waals surface area contributed by atoms with Crippen molar-refractivity contribution in [3.63, 3.8) is 0 Å². The minimum absolute atomic E-state index is 0.166. The molecule has 0 amide bonds. The fourth-order valence-electron chi connectivity index (χ4n) is 4.52. The molecule has 2 aliphatic heterocycles. The first kappa shape index (κ1) is 17.8. The maximum absolute atomic E-state index is 4.51. The molecule has 2 fully saturated rings. The van der Waals surface area contributed by atoms with Crippen LogP contribution in [0.25, 0.3) is 0 Å². The number of aliphatic imine (C=N–C) groups is 1. The second-order valence-corrected chi connectivity index (χ2v) is 8.04. The lowest BCUT2D eigenvalue weighted by molar-refractivity contribution is 0.117. The lowest BCUT2D eigenvalue weighted by atomic mass is 9.89. The van der Waals surface area contributed by atoms with E-state index in [2.05, 4.69) is 42.0 Å². The zero-order chi connectivity index (χ0) is 17.8. The molecule has 1 unspecified atom stereocenters. The third-order valence-corrected chi connectivity index (χ3v) is 6.12. The van der Waals surface area contributed by atoms with E-state index in [0.717, 1.165) is 57.3 Å². The van der Waals surface area contributed by atoms with Crippen LogP contribution in [0.5, 0.6) is 0 Å². The molecular formula is C19H31N7. The quantitative estimate of drug-likeness (QED) is 0.809. The Kier molecular flexibility index (Phi) is 5.75. The van der Waals surface area contributed by atoms with Gasteiger partial charge >= 0.3 is 0 Å². The van der Waals surface area contributed by atoms with E-state index >= 15 is 0 Å². The van der Waals surface area contributed by atoms with Gasteiger partial charge in [-0.05, 0) is 54.6 Å². The monoisotopic (exact) mass is 357 g/mol. The van der Waals surface area contributed by atoms with Gasteiger partial charge in [0.05, 0.1) is 6.04 Å². The topological polar surface area (TPSA) is 62.4 Å². The van der Waals surface area contributed by atoms with Crippen LogP contribution in [0.2, 0.25) is 0 Å². The van der Waals surface area contributed by atoms with Crippen LogP contribution in [0.15, 0.2) is 16.8 Å². The lowest BCUT2D eigenvalue weighted by Gasteiger charge is -2.38. The number of hydrogen-bond acceptors (Lipinski definition) is 6. The molecule has 1 saturated heterocycles. The van der Waals surface area contributed by atoms with Gasteiger partial charge in [-0.3, -0.25) is 9.89 Å². The molecule has 142 valence electrons. The molecule has 26 heavy (non-hydrogen) atoms. The molecular weight excluding hydrogens is 326 g/mol. The molecule has 0 bridgehead atoms. The number of nitrogens with zero attached hydrogens (tertiary/aromatic N) is 7. The molecule has 0 N–H and O–H groups in total. The average molecular weight is 358 g/mol. The van der Waals surface area contributed by atoms with E-state index in [-0.39, 0.29) is 6.04 Å². The van der Waals surface area contributed by atoms with Crippen molar-refractivity contribution in [2.24, 2.45) is 10.9 Å². The van der Waals surface area contributed by atoms with Gasteiger partial charge in [0.1, 0.15) is 0 Å². The van der Waals surface area contributed by atoms with E-state index in [1.165, 1.54) is 37.7 Å². The molecule has 1 atom stereocenters. The molecule has 1 aromatic heterocycles. The van der Waals surface area contributed by atoms with E-state index in [1.807, 2.05) is 12.4 Å². The van der Waals surface area contributed by atoms with Gasteiger partial charge in [0.15, 0.2) is 5.82 Å². The number of tetrazole rings is 1. The Morgan fingerprint density at radius 1 is 1.12 bits per heavy atom. The fourth-order valence-corrected chi connectivity index (χ4v) is 4.52. The molecule has 1 saturated carbocycles. The normalized spacial score (nSPS) is 24.6. The number of rotatable bonds is 5. The molecule has 7 nitrogen and oxygen atoms in total. The molecule has 0 radical (unpaired) electrons. The fraction of sp³-hybridized carbons (Fsp3) is 0.789. The molecule has 3 heterocycles. The van der Waals surface area contributed by atoms with Crippen molar-refractivity contribution in [2.45, 2.75) is 57.5 Å². The number of likely N-dealkylation sites (N-methyl/N-ethyl adjacent to an activating group) is 1. The lowest BCUT2D eigenvalue weighted by Crippen LogP contribution is -2.47. The second kappa shape index (κ2) is 8.39. The maximum Gasteiger partial charge on any atom is 0.172 e. The summed E-state index contributed by atoms with van der Waals surface area (Å²) in [6.07, 6.45) is 12.8. The standard InChI is InChI=1S/C19H31N7/c1-24-10-12-25(13-11-24)18(17-8-5-9-20-14-17)19-21-22-23-26(19)15-16-6-3-2-4-7-16/h9,14,16,18H,2-8,10-13,15H2,1H3. The van der Waals surface area contributed by atoms with Crippen molar-refractivity contribution in [1.82, 2.24) is 30.0 Å². The molecule has 4 rings (SSSR count). The van der Waals surface area contributed by atoms with Crippen molar-refractivity contribution >= 4 is 6.21 Å². The molecule has 1 aliphatic carbocycles. The first-order valence-corrected chi connectivity index (χ1v) is 10.2. The van der Waals surface area contributed by atoms with Gasteiger partial charge in [-0.25, -0.2) is 4.68 Å². The Balaban J connectivity index is 1.58. The number of aromatic nitrogens is 4. The summed E-state index contributed by atoms with van der Waals surface area (Å²) >= 11 is 0. The van der Waals surface area contributed by atoms with E-state index in [9.17, 15) is 0 Å². The summed E-state index contributed by atoms with van der Waals surface area (Å²) in [5.41, 5.74) is 1.36. The zero-order valence-corrected chi connectivity index (χ0v) is 15.9. The zero-order valence-electron chi connectivity index (χ0n) is 15.9. The predicted octanol–water partition coefficient (Wildman–Crippen LogP) is 2.29. The van der Waals surface area contributed by atoms with Gasteiger partial charge in [0, 0.05) is 45.1 Å². The Labute approximate surface area is 156 Å². The smallest absolute Gasteiger partial charge is 0.172 e. The SMILES string of the molecule is CN1CCN(C(C2=CN=CCC2)c2nnnn2CC2CCCCC2)CC1. The number of hydrogen-bond donors (Lipinski definition) is 0. The van der Waals surface area contributed by atoms with E-state index in [1.54, 1.807) is 0 Å². The van der Waals surface area contributed by atoms with Crippen LogP contribution in [0.3, 0.4) is 0 Å². The Hall–Kier alpha value is -1.60. The summed E-state index contributed by atoms with van der Waals surface area (Å²) in [4.78, 5) is 9.39. The highest BCUT2D eigenvalue weighted by Gasteiger charge is 2.32. The Morgan fingerprint density at radius 3 is 2.65 bits per heavy atom. The van der Waals surface area contributed by atoms with Gasteiger partial charge in [0.25, 0.3) is 0 Å². The van der Waals surface area contributed by atoms with Crippen LogP contribution in [0, 0.1) is 5.92 Å². The molecule has 7 heteroatoms. The van der Waals surface area contributed by atoms with Gasteiger partial charge in [-0.15, -0.1) is 5.10 Å². The van der Waals surface area contributed by atoms with Crippen LogP contribution >= 0.6 is 0 Å². The Bertz CT molecular complexity index is 636. The molecule has 1 aromatic rings. The Morgan fingerprint density at radius 2 is 1.92 bits per heavy atom. The second-order valence-electron chi connectivity index (χ2n) is 8.04. The van der Waals surface area contributed by atoms with Crippen LogP contribution in [0.4, 0.5) is 0 Å². The van der Waals surface area contributed by atoms with Gasteiger partial charge in [-0.1, -0.05) is 19.3 Å². The minimum Gasteiger partial charge on any atom is -0.304 e. The van der Waals surface area contributed by atoms with Crippen molar-refractivity contribution in [2.75, 3.05) is 33.2 Å². The van der Waals surface area contributed by atoms with E-state index in [0.29, 0.717) is 0 Å². The molecule has 3 aliphatic rings. The maximum atomic E-state index is 4.51. The highest BCUT2D eigenvalue weighted by Crippen LogP contribution is 2.33. The van der Waals surface area contributed by atoms with Crippen LogP contribution in [-0.4, -0.2) is 69.4 Å². The summed E-state index contributed by atoms with van der Waals surface area (Å²) < 4.78 is 2.10. The highest BCUT2D eigenvalue weighted by atomic mass is 15.6. The molecule has 0 aromatic carbocycles. The van der Waals surface area contributed by atoms with Crippen LogP contribution < -0.4 is 0 Å². The van der Waals surface area contributed by atoms with Crippen LogP contribution in [0.1, 0.15) is 56.8 Å². The van der Waals surface area contributed by atoms with Crippen molar-refractivity contribution in [1.29, 1.82) is 0 Å². The summed E-state index contributed by atoms with van der Waals surface area (Å²) in [6.45, 7) is 5.26. The average Bonchev–Trinajstić information content (AvgIpc) is 3.13. The van der Waals surface area contributed by atoms with Crippen molar-refractivity contribution in [3.05, 3.63) is 17.6 Å². The molecule has 0 spiro atoms. The summed E-state index contributed by atoms with van der Waals surface area (Å²) in [5, 5.41) is 13.0. The first-order chi connectivity index (χ1) is 12.8. The van der Waals surface area contributed by atoms with Gasteiger partial charge < -0.3 is 4.90 Å². The number of piperazine rings is 1. The third-order valence-electron chi connectivity index (χ3n) is 6.12. The highest BCUT2D eigenvalue weighted by molar-refractivity contribution is 5.60. The van der Waals surface area contributed by atoms with Crippen LogP contribution in [-0.2, 0) is 6.54 Å².